The van der Waals surface area contributed by atoms with Crippen LogP contribution in [-0.4, -0.2) is 42.2 Å². The van der Waals surface area contributed by atoms with Crippen molar-refractivity contribution in [3.63, 3.8) is 0 Å². The number of carbonyl (C=O) groups excluding carboxylic acids is 1. The standard InChI is InChI=1S/C26H28BrN3O5/c1-3-34-23(31)16-35-24-18(13-19(27)14-22(24)33-2)15-28-30-25(17-9-5-4-6-10-17)29-21-12-8-7-11-20(21)26(30)32/h7-8,11-15,17H,3-6,9-10,16H2,1-2H3. The summed E-state index contributed by atoms with van der Waals surface area (Å²) in [4.78, 5) is 30.2. The summed E-state index contributed by atoms with van der Waals surface area (Å²) in [6.45, 7) is 1.71. The number of nitrogens with zero attached hydrogens (tertiary/aromatic N) is 3. The van der Waals surface area contributed by atoms with Crippen LogP contribution in [0.15, 0.2) is 50.8 Å². The number of rotatable bonds is 8. The van der Waals surface area contributed by atoms with Crippen molar-refractivity contribution in [1.29, 1.82) is 0 Å². The maximum Gasteiger partial charge on any atom is 0.344 e. The van der Waals surface area contributed by atoms with E-state index in [2.05, 4.69) is 21.0 Å². The maximum absolute atomic E-state index is 13.5. The van der Waals surface area contributed by atoms with Crippen LogP contribution in [0.3, 0.4) is 0 Å². The van der Waals surface area contributed by atoms with E-state index in [4.69, 9.17) is 19.2 Å². The van der Waals surface area contributed by atoms with Crippen molar-refractivity contribution in [2.45, 2.75) is 44.9 Å². The Bertz CT molecular complexity index is 1300. The number of esters is 1. The zero-order valence-electron chi connectivity index (χ0n) is 19.8. The zero-order valence-corrected chi connectivity index (χ0v) is 21.4. The van der Waals surface area contributed by atoms with Crippen LogP contribution < -0.4 is 15.0 Å². The molecule has 1 aromatic heterocycles. The minimum absolute atomic E-state index is 0.162. The van der Waals surface area contributed by atoms with Gasteiger partial charge in [0.2, 0.25) is 0 Å². The molecule has 35 heavy (non-hydrogen) atoms. The van der Waals surface area contributed by atoms with E-state index in [9.17, 15) is 9.59 Å². The van der Waals surface area contributed by atoms with Gasteiger partial charge in [-0.1, -0.05) is 47.3 Å². The Kier molecular flexibility index (Phi) is 8.17. The fraction of sp³-hybridized carbons (Fsp3) is 0.385. The highest BCUT2D eigenvalue weighted by Crippen LogP contribution is 2.35. The summed E-state index contributed by atoms with van der Waals surface area (Å²) in [5.74, 6) is 1.08. The number of carbonyl (C=O) groups is 1. The molecular weight excluding hydrogens is 514 g/mol. The third-order valence-electron chi connectivity index (χ3n) is 5.97. The van der Waals surface area contributed by atoms with Gasteiger partial charge < -0.3 is 14.2 Å². The third-order valence-corrected chi connectivity index (χ3v) is 6.43. The minimum atomic E-state index is -0.491. The number of benzene rings is 2. The summed E-state index contributed by atoms with van der Waals surface area (Å²) in [6, 6.07) is 10.8. The molecule has 1 aliphatic carbocycles. The van der Waals surface area contributed by atoms with Crippen molar-refractivity contribution in [2.24, 2.45) is 5.10 Å². The fourth-order valence-electron chi connectivity index (χ4n) is 4.32. The normalized spacial score (nSPS) is 14.4. The number of hydrogen-bond acceptors (Lipinski definition) is 7. The Hall–Kier alpha value is -3.20. The van der Waals surface area contributed by atoms with Gasteiger partial charge in [-0.15, -0.1) is 0 Å². The molecule has 3 aromatic rings. The molecule has 1 heterocycles. The predicted octanol–water partition coefficient (Wildman–Crippen LogP) is 5.04. The van der Waals surface area contributed by atoms with Gasteiger partial charge in [-0.3, -0.25) is 4.79 Å². The molecule has 2 aromatic carbocycles. The quantitative estimate of drug-likeness (QED) is 0.293. The van der Waals surface area contributed by atoms with E-state index < -0.39 is 5.97 Å². The van der Waals surface area contributed by atoms with Gasteiger partial charge >= 0.3 is 5.97 Å². The van der Waals surface area contributed by atoms with Gasteiger partial charge in [0.15, 0.2) is 18.1 Å². The molecule has 1 fully saturated rings. The highest BCUT2D eigenvalue weighted by Gasteiger charge is 2.22. The number of para-hydroxylation sites is 1. The average Bonchev–Trinajstić information content (AvgIpc) is 2.87. The van der Waals surface area contributed by atoms with Crippen LogP contribution in [0, 0.1) is 0 Å². The van der Waals surface area contributed by atoms with Crippen molar-refractivity contribution in [2.75, 3.05) is 20.3 Å². The Balaban J connectivity index is 1.79. The van der Waals surface area contributed by atoms with E-state index >= 15 is 0 Å². The summed E-state index contributed by atoms with van der Waals surface area (Å²) in [5.41, 5.74) is 0.991. The van der Waals surface area contributed by atoms with Crippen LogP contribution in [0.25, 0.3) is 10.9 Å². The smallest absolute Gasteiger partial charge is 0.344 e. The van der Waals surface area contributed by atoms with Crippen molar-refractivity contribution in [3.05, 3.63) is 62.6 Å². The van der Waals surface area contributed by atoms with Crippen molar-refractivity contribution < 1.29 is 19.0 Å². The molecule has 1 aliphatic rings. The van der Waals surface area contributed by atoms with Crippen molar-refractivity contribution >= 4 is 39.0 Å². The molecule has 9 heteroatoms. The maximum atomic E-state index is 13.5. The molecule has 0 spiro atoms. The van der Waals surface area contributed by atoms with E-state index in [1.54, 1.807) is 25.1 Å². The van der Waals surface area contributed by atoms with Crippen LogP contribution in [0.1, 0.15) is 56.3 Å². The van der Waals surface area contributed by atoms with Crippen molar-refractivity contribution in [1.82, 2.24) is 9.66 Å². The molecule has 0 bridgehead atoms. The monoisotopic (exact) mass is 541 g/mol. The Morgan fingerprint density at radius 3 is 2.74 bits per heavy atom. The SMILES string of the molecule is CCOC(=O)COc1c(C=Nn2c(C3CCCCC3)nc3ccccc3c2=O)cc(Br)cc1OC. The molecule has 1 saturated carbocycles. The van der Waals surface area contributed by atoms with E-state index in [1.807, 2.05) is 18.2 Å². The van der Waals surface area contributed by atoms with Gasteiger partial charge in [0.05, 0.1) is 30.8 Å². The Morgan fingerprint density at radius 2 is 2.00 bits per heavy atom. The molecule has 0 N–H and O–H groups in total. The lowest BCUT2D eigenvalue weighted by molar-refractivity contribution is -0.145. The molecule has 0 aliphatic heterocycles. The predicted molar refractivity (Wildman–Crippen MR) is 138 cm³/mol. The lowest BCUT2D eigenvalue weighted by Gasteiger charge is -2.22. The summed E-state index contributed by atoms with van der Waals surface area (Å²) < 4.78 is 18.3. The van der Waals surface area contributed by atoms with E-state index in [-0.39, 0.29) is 24.7 Å². The molecule has 0 atom stereocenters. The van der Waals surface area contributed by atoms with Gasteiger partial charge in [-0.05, 0) is 44.0 Å². The summed E-state index contributed by atoms with van der Waals surface area (Å²) in [7, 11) is 1.51. The number of methoxy groups -OCH3 is 1. The van der Waals surface area contributed by atoms with Gasteiger partial charge in [0.25, 0.3) is 5.56 Å². The van der Waals surface area contributed by atoms with Crippen molar-refractivity contribution in [3.8, 4) is 11.5 Å². The van der Waals surface area contributed by atoms with Crippen LogP contribution in [0.2, 0.25) is 0 Å². The number of fused-ring (bicyclic) bond motifs is 1. The van der Waals surface area contributed by atoms with Gasteiger partial charge in [0, 0.05) is 16.0 Å². The van der Waals surface area contributed by atoms with Crippen LogP contribution in [0.4, 0.5) is 0 Å². The molecule has 0 saturated heterocycles. The first-order valence-corrected chi connectivity index (χ1v) is 12.5. The van der Waals surface area contributed by atoms with Crippen LogP contribution in [-0.2, 0) is 9.53 Å². The van der Waals surface area contributed by atoms with E-state index in [1.165, 1.54) is 24.4 Å². The fourth-order valence-corrected chi connectivity index (χ4v) is 4.78. The number of hydrogen-bond donors (Lipinski definition) is 0. The summed E-state index contributed by atoms with van der Waals surface area (Å²) >= 11 is 3.47. The molecule has 0 unspecified atom stereocenters. The second kappa shape index (κ2) is 11.5. The number of halogens is 1. The lowest BCUT2D eigenvalue weighted by Crippen LogP contribution is -2.25. The Morgan fingerprint density at radius 1 is 1.23 bits per heavy atom. The number of aromatic nitrogens is 2. The summed E-state index contributed by atoms with van der Waals surface area (Å²) in [6.07, 6.45) is 6.88. The van der Waals surface area contributed by atoms with Gasteiger partial charge in [0.1, 0.15) is 5.82 Å². The van der Waals surface area contributed by atoms with E-state index in [0.29, 0.717) is 33.8 Å². The first kappa shape index (κ1) is 24.9. The lowest BCUT2D eigenvalue weighted by atomic mass is 9.88. The molecule has 184 valence electrons. The topological polar surface area (TPSA) is 92.0 Å². The molecular formula is C26H28BrN3O5. The second-order valence-electron chi connectivity index (χ2n) is 8.30. The van der Waals surface area contributed by atoms with Gasteiger partial charge in [-0.25, -0.2) is 9.78 Å². The van der Waals surface area contributed by atoms with Crippen LogP contribution >= 0.6 is 15.9 Å². The zero-order chi connectivity index (χ0) is 24.8. The minimum Gasteiger partial charge on any atom is -0.493 e. The average molecular weight is 542 g/mol. The second-order valence-corrected chi connectivity index (χ2v) is 9.22. The van der Waals surface area contributed by atoms with Gasteiger partial charge in [-0.2, -0.15) is 9.78 Å². The number of ether oxygens (including phenoxy) is 3. The van der Waals surface area contributed by atoms with E-state index in [0.717, 1.165) is 30.2 Å². The molecule has 0 amide bonds. The largest absolute Gasteiger partial charge is 0.493 e. The third kappa shape index (κ3) is 5.73. The highest BCUT2D eigenvalue weighted by molar-refractivity contribution is 9.10. The molecule has 8 nitrogen and oxygen atoms in total. The highest BCUT2D eigenvalue weighted by atomic mass is 79.9. The first-order valence-electron chi connectivity index (χ1n) is 11.7. The first-order chi connectivity index (χ1) is 17.0. The molecule has 0 radical (unpaired) electrons. The van der Waals surface area contributed by atoms with Crippen LogP contribution in [0.5, 0.6) is 11.5 Å². The Labute approximate surface area is 212 Å². The summed E-state index contributed by atoms with van der Waals surface area (Å²) in [5, 5.41) is 5.10. The molecule has 4 rings (SSSR count).